The molecule has 2 aliphatic rings. The molecule has 3 rings (SSSR count). The Balaban J connectivity index is 1.59. The summed E-state index contributed by atoms with van der Waals surface area (Å²) in [5.74, 6) is 0.367. The van der Waals surface area contributed by atoms with E-state index in [2.05, 4.69) is 0 Å². The van der Waals surface area contributed by atoms with E-state index in [1.165, 1.54) is 16.3 Å². The second-order valence-corrected chi connectivity index (χ2v) is 10.2. The molecule has 0 saturated carbocycles. The van der Waals surface area contributed by atoms with Gasteiger partial charge in [-0.2, -0.15) is 4.31 Å². The number of piperidine rings is 1. The molecule has 0 radical (unpaired) electrons. The Hall–Kier alpha value is -1.97. The van der Waals surface area contributed by atoms with Crippen molar-refractivity contribution in [1.82, 2.24) is 9.21 Å². The first kappa shape index (κ1) is 21.7. The van der Waals surface area contributed by atoms with Crippen molar-refractivity contribution < 1.29 is 27.6 Å². The molecule has 0 spiro atoms. The Kier molecular flexibility index (Phi) is 6.30. The van der Waals surface area contributed by atoms with Crippen molar-refractivity contribution in [2.24, 2.45) is 5.41 Å². The summed E-state index contributed by atoms with van der Waals surface area (Å²) >= 11 is 0. The maximum Gasteiger partial charge on any atom is 0.243 e. The number of benzene rings is 1. The van der Waals surface area contributed by atoms with Crippen molar-refractivity contribution in [3.05, 3.63) is 24.3 Å². The van der Waals surface area contributed by atoms with Gasteiger partial charge in [-0.3, -0.25) is 9.59 Å². The quantitative estimate of drug-likeness (QED) is 0.655. The molecule has 0 aliphatic carbocycles. The van der Waals surface area contributed by atoms with Gasteiger partial charge in [0.05, 0.1) is 38.2 Å². The van der Waals surface area contributed by atoms with Gasteiger partial charge in [0, 0.05) is 12.8 Å². The molecule has 8 nitrogen and oxygen atoms in total. The zero-order valence-electron chi connectivity index (χ0n) is 17.3. The molecule has 0 bridgehead atoms. The van der Waals surface area contributed by atoms with Crippen molar-refractivity contribution in [3.63, 3.8) is 0 Å². The van der Waals surface area contributed by atoms with E-state index in [0.29, 0.717) is 51.4 Å². The molecule has 1 aromatic carbocycles. The van der Waals surface area contributed by atoms with Crippen LogP contribution in [-0.4, -0.2) is 69.4 Å². The van der Waals surface area contributed by atoms with E-state index >= 15 is 0 Å². The first-order valence-corrected chi connectivity index (χ1v) is 11.4. The Morgan fingerprint density at radius 2 is 1.62 bits per heavy atom. The monoisotopic (exact) mass is 424 g/mol. The number of likely N-dealkylation sites (tertiary alicyclic amines) is 1. The van der Waals surface area contributed by atoms with Gasteiger partial charge < -0.3 is 9.64 Å². The highest BCUT2D eigenvalue weighted by Crippen LogP contribution is 2.35. The minimum Gasteiger partial charge on any atom is -0.497 e. The average Bonchev–Trinajstić information content (AvgIpc) is 2.71. The number of carbonyl (C=O) groups is 2. The number of rotatable bonds is 6. The van der Waals surface area contributed by atoms with Gasteiger partial charge in [-0.15, -0.1) is 0 Å². The van der Waals surface area contributed by atoms with Gasteiger partial charge in [-0.1, -0.05) is 13.8 Å². The van der Waals surface area contributed by atoms with Crippen LogP contribution in [0.5, 0.6) is 5.75 Å². The van der Waals surface area contributed by atoms with E-state index in [0.717, 1.165) is 11.3 Å². The highest BCUT2D eigenvalue weighted by atomic mass is 32.2. The topological polar surface area (TPSA) is 88.4 Å². The normalized spacial score (nSPS) is 21.4. The summed E-state index contributed by atoms with van der Waals surface area (Å²) in [6.07, 6.45) is 1.58. The predicted octanol–water partition coefficient (Wildman–Crippen LogP) is 0.107. The summed E-state index contributed by atoms with van der Waals surface area (Å²) in [5.41, 5.74) is -0.245. The van der Waals surface area contributed by atoms with Gasteiger partial charge in [0.1, 0.15) is 5.75 Å². The number of piperazine rings is 1. The van der Waals surface area contributed by atoms with Crippen molar-refractivity contribution in [1.29, 1.82) is 0 Å². The van der Waals surface area contributed by atoms with Gasteiger partial charge in [0.25, 0.3) is 0 Å². The Morgan fingerprint density at radius 1 is 1.07 bits per heavy atom. The van der Waals surface area contributed by atoms with Crippen molar-refractivity contribution in [2.75, 3.05) is 40.0 Å². The Bertz CT molecular complexity index is 843. The Labute approximate surface area is 172 Å². The highest BCUT2D eigenvalue weighted by Gasteiger charge is 2.41. The molecule has 29 heavy (non-hydrogen) atoms. The fraction of sp³-hybridized carbons (Fsp3) is 0.600. The largest absolute Gasteiger partial charge is 0.497 e. The van der Waals surface area contributed by atoms with Crippen LogP contribution in [0.15, 0.2) is 29.2 Å². The first-order chi connectivity index (χ1) is 13.7. The molecule has 160 valence electrons. The van der Waals surface area contributed by atoms with Gasteiger partial charge in [-0.25, -0.2) is 13.3 Å². The number of quaternary nitrogens is 1. The van der Waals surface area contributed by atoms with Crippen molar-refractivity contribution >= 4 is 21.8 Å². The fourth-order valence-corrected chi connectivity index (χ4v) is 5.31. The van der Waals surface area contributed by atoms with E-state index in [1.807, 2.05) is 13.8 Å². The minimum atomic E-state index is -3.57. The van der Waals surface area contributed by atoms with Crippen LogP contribution in [0.4, 0.5) is 0 Å². The molecule has 0 atom stereocenters. The summed E-state index contributed by atoms with van der Waals surface area (Å²) in [5, 5.41) is 0. The number of nitrogens with zero attached hydrogens (tertiary/aromatic N) is 2. The number of sulfonamides is 1. The molecule has 2 fully saturated rings. The molecule has 0 aromatic heterocycles. The number of nitrogens with one attached hydrogen (secondary N) is 1. The zero-order valence-corrected chi connectivity index (χ0v) is 18.1. The SMILES string of the molecule is CCC1(C)CC(=O)N(C[NH+]2CCN(S(=O)(=O)c3ccc(OC)cc3)CC2)C(=O)C1. The maximum absolute atomic E-state index is 12.8. The van der Waals surface area contributed by atoms with E-state index in [9.17, 15) is 18.0 Å². The van der Waals surface area contributed by atoms with E-state index in [4.69, 9.17) is 4.74 Å². The number of imide groups is 1. The van der Waals surface area contributed by atoms with Crippen molar-refractivity contribution in [2.45, 2.75) is 38.0 Å². The lowest BCUT2D eigenvalue weighted by atomic mass is 9.77. The van der Waals surface area contributed by atoms with Crippen LogP contribution in [0.3, 0.4) is 0 Å². The van der Waals surface area contributed by atoms with Gasteiger partial charge in [-0.05, 0) is 36.1 Å². The number of ether oxygens (including phenoxy) is 1. The zero-order chi connectivity index (χ0) is 21.2. The second-order valence-electron chi connectivity index (χ2n) is 8.22. The third kappa shape index (κ3) is 4.62. The molecular weight excluding hydrogens is 394 g/mol. The predicted molar refractivity (Wildman–Crippen MR) is 107 cm³/mol. The van der Waals surface area contributed by atoms with Crippen LogP contribution >= 0.6 is 0 Å². The summed E-state index contributed by atoms with van der Waals surface area (Å²) in [6, 6.07) is 6.35. The summed E-state index contributed by atoms with van der Waals surface area (Å²) in [6.45, 7) is 6.11. The Morgan fingerprint density at radius 3 is 2.10 bits per heavy atom. The number of methoxy groups -OCH3 is 1. The standard InChI is InChI=1S/C20H29N3O5S/c1-4-20(2)13-18(24)23(19(25)14-20)15-21-9-11-22(12-10-21)29(26,27)17-7-5-16(28-3)6-8-17/h5-8H,4,9-15H2,1-3H3/p+1. The lowest BCUT2D eigenvalue weighted by Gasteiger charge is -2.39. The molecule has 1 N–H and O–H groups in total. The third-order valence-electron chi connectivity index (χ3n) is 6.12. The van der Waals surface area contributed by atoms with Crippen LogP contribution < -0.4 is 9.64 Å². The summed E-state index contributed by atoms with van der Waals surface area (Å²) < 4.78 is 32.2. The summed E-state index contributed by atoms with van der Waals surface area (Å²) in [4.78, 5) is 27.6. The van der Waals surface area contributed by atoms with Crippen LogP contribution in [0.2, 0.25) is 0 Å². The van der Waals surface area contributed by atoms with Gasteiger partial charge in [0.2, 0.25) is 21.8 Å². The number of amides is 2. The molecule has 2 amide bonds. The molecule has 2 aliphatic heterocycles. The molecule has 1 aromatic rings. The molecule has 0 unspecified atom stereocenters. The highest BCUT2D eigenvalue weighted by molar-refractivity contribution is 7.89. The van der Waals surface area contributed by atoms with E-state index < -0.39 is 10.0 Å². The molecular formula is C20H30N3O5S+. The smallest absolute Gasteiger partial charge is 0.243 e. The fourth-order valence-electron chi connectivity index (χ4n) is 3.87. The van der Waals surface area contributed by atoms with Crippen LogP contribution in [0, 0.1) is 5.41 Å². The van der Waals surface area contributed by atoms with E-state index in [-0.39, 0.29) is 22.1 Å². The maximum atomic E-state index is 12.8. The minimum absolute atomic E-state index is 0.119. The number of hydrogen-bond donors (Lipinski definition) is 1. The third-order valence-corrected chi connectivity index (χ3v) is 8.03. The van der Waals surface area contributed by atoms with E-state index in [1.54, 1.807) is 24.3 Å². The molecule has 2 heterocycles. The van der Waals surface area contributed by atoms with Crippen LogP contribution in [-0.2, 0) is 19.6 Å². The second kappa shape index (κ2) is 8.41. The van der Waals surface area contributed by atoms with Crippen LogP contribution in [0.25, 0.3) is 0 Å². The van der Waals surface area contributed by atoms with Gasteiger partial charge >= 0.3 is 0 Å². The average molecular weight is 425 g/mol. The lowest BCUT2D eigenvalue weighted by Crippen LogP contribution is -3.16. The van der Waals surface area contributed by atoms with Crippen molar-refractivity contribution in [3.8, 4) is 5.75 Å². The van der Waals surface area contributed by atoms with Crippen LogP contribution in [0.1, 0.15) is 33.1 Å². The van der Waals surface area contributed by atoms with Gasteiger partial charge in [0.15, 0.2) is 6.67 Å². The number of hydrogen-bond acceptors (Lipinski definition) is 5. The summed E-state index contributed by atoms with van der Waals surface area (Å²) in [7, 11) is -2.03. The first-order valence-electron chi connectivity index (χ1n) is 9.99. The molecule has 2 saturated heterocycles. The number of carbonyl (C=O) groups excluding carboxylic acids is 2. The molecule has 9 heteroatoms. The lowest BCUT2D eigenvalue weighted by molar-refractivity contribution is -0.911.